The number of carbonyl (C=O) groups is 2. The number of nitrogens with zero attached hydrogens (tertiary/aromatic N) is 3. The van der Waals surface area contributed by atoms with Gasteiger partial charge in [0.25, 0.3) is 5.91 Å². The molecule has 0 saturated carbocycles. The molecule has 0 aliphatic carbocycles. The molecule has 2 amide bonds. The Bertz CT molecular complexity index is 1120. The van der Waals surface area contributed by atoms with E-state index in [0.29, 0.717) is 30.1 Å². The van der Waals surface area contributed by atoms with Crippen molar-refractivity contribution in [3.05, 3.63) is 78.0 Å². The van der Waals surface area contributed by atoms with Crippen molar-refractivity contribution in [2.24, 2.45) is 5.73 Å². The Morgan fingerprint density at radius 2 is 1.88 bits per heavy atom. The highest BCUT2D eigenvalue weighted by Gasteiger charge is 2.29. The molecule has 3 aromatic rings. The normalized spacial score (nSPS) is 15.9. The number of hydrogen-bond acceptors (Lipinski definition) is 6. The third-order valence-corrected chi connectivity index (χ3v) is 5.08. The van der Waals surface area contributed by atoms with Crippen LogP contribution in [0, 0.1) is 5.82 Å². The Morgan fingerprint density at radius 1 is 1.12 bits per heavy atom. The monoisotopic (exact) mass is 436 g/mol. The second kappa shape index (κ2) is 9.52. The van der Waals surface area contributed by atoms with Crippen LogP contribution in [-0.2, 0) is 9.53 Å². The van der Waals surface area contributed by atoms with Gasteiger partial charge in [0.2, 0.25) is 5.91 Å². The molecule has 0 spiro atoms. The second-order valence-corrected chi connectivity index (χ2v) is 7.15. The van der Waals surface area contributed by atoms with Crippen molar-refractivity contribution in [1.29, 1.82) is 0 Å². The van der Waals surface area contributed by atoms with E-state index < -0.39 is 17.8 Å². The van der Waals surface area contributed by atoms with Gasteiger partial charge in [-0.1, -0.05) is 24.3 Å². The predicted octanol–water partition coefficient (Wildman–Crippen LogP) is 2.36. The van der Waals surface area contributed by atoms with Crippen molar-refractivity contribution in [3.63, 3.8) is 0 Å². The van der Waals surface area contributed by atoms with Gasteiger partial charge < -0.3 is 20.1 Å². The molecule has 1 atom stereocenters. The zero-order valence-corrected chi connectivity index (χ0v) is 17.1. The minimum atomic E-state index is -0.522. The number of hydrogen-bond donors (Lipinski definition) is 1. The Balaban J connectivity index is 1.48. The summed E-state index contributed by atoms with van der Waals surface area (Å²) < 4.78 is 25.0. The summed E-state index contributed by atoms with van der Waals surface area (Å²) in [5, 5.41) is 0. The quantitative estimate of drug-likeness (QED) is 0.636. The fourth-order valence-corrected chi connectivity index (χ4v) is 3.43. The maximum atomic E-state index is 13.7. The molecule has 2 N–H and O–H groups in total. The number of carbonyl (C=O) groups excluding carboxylic acids is 2. The van der Waals surface area contributed by atoms with Crippen LogP contribution in [0.15, 0.2) is 60.9 Å². The van der Waals surface area contributed by atoms with Crippen molar-refractivity contribution >= 4 is 11.8 Å². The smallest absolute Gasteiger partial charge is 0.260 e. The SMILES string of the molecule is NC(=O)c1ccc(-c2nccnc2C2CN(C(=O)COc3ccccc3F)CCO2)cc1. The third-order valence-electron chi connectivity index (χ3n) is 5.08. The van der Waals surface area contributed by atoms with Gasteiger partial charge in [0, 0.05) is 30.1 Å². The lowest BCUT2D eigenvalue weighted by atomic mass is 10.0. The average Bonchev–Trinajstić information content (AvgIpc) is 2.83. The molecule has 0 bridgehead atoms. The minimum Gasteiger partial charge on any atom is -0.481 e. The number of nitrogens with two attached hydrogens (primary N) is 1. The summed E-state index contributed by atoms with van der Waals surface area (Å²) in [7, 11) is 0. The molecule has 32 heavy (non-hydrogen) atoms. The highest BCUT2D eigenvalue weighted by molar-refractivity contribution is 5.93. The first-order valence-corrected chi connectivity index (χ1v) is 10.0. The number of primary amides is 1. The number of halogens is 1. The van der Waals surface area contributed by atoms with E-state index in [1.54, 1.807) is 53.7 Å². The van der Waals surface area contributed by atoms with Crippen molar-refractivity contribution in [2.45, 2.75) is 6.10 Å². The van der Waals surface area contributed by atoms with E-state index in [1.165, 1.54) is 12.1 Å². The Hall–Kier alpha value is -3.85. The largest absolute Gasteiger partial charge is 0.481 e. The van der Waals surface area contributed by atoms with Crippen molar-refractivity contribution in [2.75, 3.05) is 26.3 Å². The van der Waals surface area contributed by atoms with E-state index in [1.807, 2.05) is 0 Å². The molecule has 164 valence electrons. The van der Waals surface area contributed by atoms with Gasteiger partial charge in [-0.2, -0.15) is 0 Å². The molecule has 1 aliphatic heterocycles. The van der Waals surface area contributed by atoms with E-state index in [2.05, 4.69) is 9.97 Å². The Kier molecular flexibility index (Phi) is 6.37. The summed E-state index contributed by atoms with van der Waals surface area (Å²) in [6.45, 7) is 0.672. The highest BCUT2D eigenvalue weighted by atomic mass is 19.1. The number of morpholine rings is 1. The van der Waals surface area contributed by atoms with Crippen LogP contribution in [0.5, 0.6) is 5.75 Å². The van der Waals surface area contributed by atoms with Crippen LogP contribution in [0.2, 0.25) is 0 Å². The first-order valence-electron chi connectivity index (χ1n) is 10.0. The molecule has 2 heterocycles. The van der Waals surface area contributed by atoms with E-state index in [4.69, 9.17) is 15.2 Å². The van der Waals surface area contributed by atoms with Gasteiger partial charge in [0.15, 0.2) is 18.2 Å². The van der Waals surface area contributed by atoms with Crippen molar-refractivity contribution in [1.82, 2.24) is 14.9 Å². The van der Waals surface area contributed by atoms with Crippen LogP contribution < -0.4 is 10.5 Å². The molecule has 4 rings (SSSR count). The summed E-state index contributed by atoms with van der Waals surface area (Å²) >= 11 is 0. The molecular formula is C23H21FN4O4. The molecule has 1 aromatic heterocycles. The van der Waals surface area contributed by atoms with Crippen molar-refractivity contribution < 1.29 is 23.5 Å². The van der Waals surface area contributed by atoms with Gasteiger partial charge in [0.05, 0.1) is 24.5 Å². The Morgan fingerprint density at radius 3 is 2.62 bits per heavy atom. The highest BCUT2D eigenvalue weighted by Crippen LogP contribution is 2.29. The van der Waals surface area contributed by atoms with Gasteiger partial charge in [-0.05, 0) is 24.3 Å². The predicted molar refractivity (Wildman–Crippen MR) is 113 cm³/mol. The summed E-state index contributed by atoms with van der Waals surface area (Å²) in [5.41, 5.74) is 7.60. The lowest BCUT2D eigenvalue weighted by Crippen LogP contribution is -2.44. The van der Waals surface area contributed by atoms with Crippen LogP contribution in [0.25, 0.3) is 11.3 Å². The zero-order valence-electron chi connectivity index (χ0n) is 17.1. The van der Waals surface area contributed by atoms with Crippen LogP contribution in [0.3, 0.4) is 0 Å². The molecule has 9 heteroatoms. The number of aromatic nitrogens is 2. The van der Waals surface area contributed by atoms with E-state index in [-0.39, 0.29) is 24.8 Å². The van der Waals surface area contributed by atoms with Crippen LogP contribution >= 0.6 is 0 Å². The number of amides is 2. The lowest BCUT2D eigenvalue weighted by molar-refractivity contribution is -0.141. The average molecular weight is 436 g/mol. The minimum absolute atomic E-state index is 0.0290. The number of rotatable bonds is 6. The molecule has 1 fully saturated rings. The molecule has 8 nitrogen and oxygen atoms in total. The molecular weight excluding hydrogens is 415 g/mol. The Labute approximate surface area is 183 Å². The number of para-hydroxylation sites is 1. The van der Waals surface area contributed by atoms with Crippen molar-refractivity contribution in [3.8, 4) is 17.0 Å². The number of ether oxygens (including phenoxy) is 2. The number of benzene rings is 2. The second-order valence-electron chi connectivity index (χ2n) is 7.15. The van der Waals surface area contributed by atoms with Gasteiger partial charge in [-0.15, -0.1) is 0 Å². The standard InChI is InChI=1S/C23H21FN4O4/c24-17-3-1-2-4-18(17)32-14-20(29)28-11-12-31-19(13-28)22-21(26-9-10-27-22)15-5-7-16(8-6-15)23(25)30/h1-10,19H,11-14H2,(H2,25,30). The van der Waals surface area contributed by atoms with E-state index in [0.717, 1.165) is 5.56 Å². The summed E-state index contributed by atoms with van der Waals surface area (Å²) in [4.78, 5) is 34.5. The fraction of sp³-hybridized carbons (Fsp3) is 0.217. The lowest BCUT2D eigenvalue weighted by Gasteiger charge is -2.33. The van der Waals surface area contributed by atoms with E-state index >= 15 is 0 Å². The van der Waals surface area contributed by atoms with Gasteiger partial charge in [-0.25, -0.2) is 4.39 Å². The summed E-state index contributed by atoms with van der Waals surface area (Å²) in [6.07, 6.45) is 2.62. The first-order chi connectivity index (χ1) is 15.5. The first kappa shape index (κ1) is 21.4. The molecule has 0 radical (unpaired) electrons. The van der Waals surface area contributed by atoms with Gasteiger partial charge >= 0.3 is 0 Å². The molecule has 2 aromatic carbocycles. The molecule has 1 saturated heterocycles. The van der Waals surface area contributed by atoms with E-state index in [9.17, 15) is 14.0 Å². The fourth-order valence-electron chi connectivity index (χ4n) is 3.43. The molecule has 1 aliphatic rings. The topological polar surface area (TPSA) is 108 Å². The summed E-state index contributed by atoms with van der Waals surface area (Å²) in [5.74, 6) is -1.29. The van der Waals surface area contributed by atoms with Gasteiger partial charge in [0.1, 0.15) is 6.10 Å². The third kappa shape index (κ3) is 4.73. The van der Waals surface area contributed by atoms with Crippen LogP contribution in [0.4, 0.5) is 4.39 Å². The maximum absolute atomic E-state index is 13.7. The maximum Gasteiger partial charge on any atom is 0.260 e. The molecule has 1 unspecified atom stereocenters. The zero-order chi connectivity index (χ0) is 22.5. The van der Waals surface area contributed by atoms with Crippen LogP contribution in [0.1, 0.15) is 22.2 Å². The van der Waals surface area contributed by atoms with Crippen LogP contribution in [-0.4, -0.2) is 53.0 Å². The van der Waals surface area contributed by atoms with Gasteiger partial charge in [-0.3, -0.25) is 19.6 Å². The summed E-state index contributed by atoms with van der Waals surface area (Å²) in [6, 6.07) is 12.6.